The molecule has 0 aliphatic heterocycles. The maximum Gasteiger partial charge on any atom is 0.310 e. The van der Waals surface area contributed by atoms with Gasteiger partial charge < -0.3 is 5.11 Å². The Kier molecular flexibility index (Phi) is 6.19. The van der Waals surface area contributed by atoms with Crippen LogP contribution in [0.2, 0.25) is 0 Å². The molecule has 2 aromatic carbocycles. The van der Waals surface area contributed by atoms with Gasteiger partial charge in [-0.25, -0.2) is 0 Å². The van der Waals surface area contributed by atoms with Gasteiger partial charge in [0.25, 0.3) is 0 Å². The van der Waals surface area contributed by atoms with Crippen molar-refractivity contribution in [3.05, 3.63) is 83.4 Å². The Balaban J connectivity index is 2.45. The Hall–Kier alpha value is -2.35. The number of hydrogen-bond acceptors (Lipinski definition) is 1. The minimum absolute atomic E-state index is 0.0996. The fourth-order valence-corrected chi connectivity index (χ4v) is 3.14. The Morgan fingerprint density at radius 1 is 1.04 bits per heavy atom. The molecule has 0 bridgehead atoms. The molecular weight excluding hydrogens is 308 g/mol. The van der Waals surface area contributed by atoms with Crippen molar-refractivity contribution in [3.63, 3.8) is 0 Å². The molecule has 2 rings (SSSR count). The highest BCUT2D eigenvalue weighted by molar-refractivity contribution is 5.71. The molecule has 25 heavy (non-hydrogen) atoms. The summed E-state index contributed by atoms with van der Waals surface area (Å²) in [6.45, 7) is 8.30. The van der Waals surface area contributed by atoms with Gasteiger partial charge in [-0.2, -0.15) is 0 Å². The Labute approximate surface area is 151 Å². The predicted octanol–water partition coefficient (Wildman–Crippen LogP) is 5.59. The van der Waals surface area contributed by atoms with Crippen molar-refractivity contribution in [2.24, 2.45) is 5.92 Å². The molecule has 1 N–H and O–H groups in total. The molecule has 2 nitrogen and oxygen atoms in total. The summed E-state index contributed by atoms with van der Waals surface area (Å²) in [5, 5.41) is 9.20. The lowest BCUT2D eigenvalue weighted by Crippen LogP contribution is -2.26. The number of rotatable bonds is 7. The van der Waals surface area contributed by atoms with Gasteiger partial charge in [0.1, 0.15) is 0 Å². The molecule has 0 saturated heterocycles. The first kappa shape index (κ1) is 19.0. The monoisotopic (exact) mass is 336 g/mol. The topological polar surface area (TPSA) is 37.3 Å². The lowest BCUT2D eigenvalue weighted by molar-refractivity contribution is -0.139. The highest BCUT2D eigenvalue weighted by atomic mass is 16.4. The summed E-state index contributed by atoms with van der Waals surface area (Å²) < 4.78 is 0. The smallest absolute Gasteiger partial charge is 0.310 e. The van der Waals surface area contributed by atoms with Crippen LogP contribution in [0.3, 0.4) is 0 Å². The van der Waals surface area contributed by atoms with Crippen molar-refractivity contribution in [1.82, 2.24) is 0 Å². The summed E-state index contributed by atoms with van der Waals surface area (Å²) >= 11 is 0. The molecule has 2 atom stereocenters. The molecule has 0 saturated carbocycles. The zero-order valence-electron chi connectivity index (χ0n) is 15.6. The second-order valence-electron chi connectivity index (χ2n) is 7.17. The molecular formula is C23H28O2. The van der Waals surface area contributed by atoms with Crippen molar-refractivity contribution in [2.45, 2.75) is 45.4 Å². The van der Waals surface area contributed by atoms with Gasteiger partial charge in [-0.15, -0.1) is 0 Å². The summed E-state index contributed by atoms with van der Waals surface area (Å²) in [6, 6.07) is 19.1. The number of hydrogen-bond donors (Lipinski definition) is 1. The summed E-state index contributed by atoms with van der Waals surface area (Å²) in [5.74, 6) is -1.19. The van der Waals surface area contributed by atoms with Crippen molar-refractivity contribution >= 4 is 5.97 Å². The van der Waals surface area contributed by atoms with E-state index in [1.54, 1.807) is 6.92 Å². The minimum atomic E-state index is -0.797. The maximum atomic E-state index is 11.2. The Morgan fingerprint density at radius 3 is 2.16 bits per heavy atom. The van der Waals surface area contributed by atoms with E-state index in [0.717, 1.165) is 6.42 Å². The number of allylic oxidation sites excluding steroid dienone is 1. The molecule has 0 radical (unpaired) electrons. The van der Waals surface area contributed by atoms with Gasteiger partial charge in [-0.1, -0.05) is 87.5 Å². The first-order chi connectivity index (χ1) is 11.9. The van der Waals surface area contributed by atoms with Gasteiger partial charge in [0.05, 0.1) is 5.92 Å². The second kappa shape index (κ2) is 8.15. The van der Waals surface area contributed by atoms with Crippen LogP contribution in [-0.4, -0.2) is 11.1 Å². The van der Waals surface area contributed by atoms with Crippen LogP contribution in [0.25, 0.3) is 0 Å². The number of carboxylic acids is 1. The van der Waals surface area contributed by atoms with Crippen LogP contribution in [0.15, 0.2) is 66.7 Å². The zero-order valence-corrected chi connectivity index (χ0v) is 15.6. The highest BCUT2D eigenvalue weighted by Gasteiger charge is 2.31. The van der Waals surface area contributed by atoms with Crippen LogP contribution in [0.5, 0.6) is 0 Å². The fourth-order valence-electron chi connectivity index (χ4n) is 3.14. The number of aryl methyl sites for hydroxylation is 1. The summed E-state index contributed by atoms with van der Waals surface area (Å²) in [5.41, 5.74) is 3.61. The third-order valence-corrected chi connectivity index (χ3v) is 5.02. The van der Waals surface area contributed by atoms with Crippen LogP contribution in [0.4, 0.5) is 0 Å². The molecule has 2 heteroatoms. The molecule has 2 aromatic rings. The van der Waals surface area contributed by atoms with E-state index in [2.05, 4.69) is 75.4 Å². The third kappa shape index (κ3) is 4.60. The van der Waals surface area contributed by atoms with E-state index < -0.39 is 11.9 Å². The maximum absolute atomic E-state index is 11.2. The quantitative estimate of drug-likeness (QED) is 0.669. The van der Waals surface area contributed by atoms with Crippen molar-refractivity contribution < 1.29 is 9.90 Å². The van der Waals surface area contributed by atoms with Crippen LogP contribution < -0.4 is 0 Å². The van der Waals surface area contributed by atoms with E-state index in [-0.39, 0.29) is 11.3 Å². The van der Waals surface area contributed by atoms with E-state index >= 15 is 0 Å². The standard InChI is InChI=1S/C23H28O2/c1-5-18-12-14-19(15-13-18)21(16-11-17(2)22(24)25)23(3,4)20-9-7-6-8-10-20/h6-17,21H,5H2,1-4H3,(H,24,25). The van der Waals surface area contributed by atoms with Crippen LogP contribution in [0, 0.1) is 5.92 Å². The molecule has 0 spiro atoms. The summed E-state index contributed by atoms with van der Waals surface area (Å²) in [4.78, 5) is 11.2. The van der Waals surface area contributed by atoms with Gasteiger partial charge in [0.15, 0.2) is 0 Å². The Morgan fingerprint density at radius 2 is 1.64 bits per heavy atom. The van der Waals surface area contributed by atoms with E-state index in [9.17, 15) is 9.90 Å². The number of carboxylic acid groups (broad SMARTS) is 1. The van der Waals surface area contributed by atoms with E-state index in [0.29, 0.717) is 0 Å². The van der Waals surface area contributed by atoms with E-state index in [1.807, 2.05) is 12.1 Å². The summed E-state index contributed by atoms with van der Waals surface area (Å²) in [6.07, 6.45) is 4.89. The largest absolute Gasteiger partial charge is 0.481 e. The lowest BCUT2D eigenvalue weighted by Gasteiger charge is -2.34. The van der Waals surface area contributed by atoms with Crippen molar-refractivity contribution in [3.8, 4) is 0 Å². The first-order valence-electron chi connectivity index (χ1n) is 8.91. The average molecular weight is 336 g/mol. The normalized spacial score (nSPS) is 14.4. The van der Waals surface area contributed by atoms with Crippen molar-refractivity contribution in [1.29, 1.82) is 0 Å². The average Bonchev–Trinajstić information content (AvgIpc) is 2.62. The first-order valence-corrected chi connectivity index (χ1v) is 8.91. The van der Waals surface area contributed by atoms with Crippen LogP contribution in [0.1, 0.15) is 50.3 Å². The predicted molar refractivity (Wildman–Crippen MR) is 104 cm³/mol. The van der Waals surface area contributed by atoms with Crippen LogP contribution in [-0.2, 0) is 16.6 Å². The third-order valence-electron chi connectivity index (χ3n) is 5.02. The SMILES string of the molecule is CCc1ccc(C(C=CC(C)C(=O)O)C(C)(C)c2ccccc2)cc1. The summed E-state index contributed by atoms with van der Waals surface area (Å²) in [7, 11) is 0. The second-order valence-corrected chi connectivity index (χ2v) is 7.17. The number of aliphatic carboxylic acids is 1. The number of carbonyl (C=O) groups is 1. The molecule has 0 amide bonds. The van der Waals surface area contributed by atoms with Crippen LogP contribution >= 0.6 is 0 Å². The van der Waals surface area contributed by atoms with Gasteiger partial charge in [0.2, 0.25) is 0 Å². The van der Waals surface area contributed by atoms with Crippen molar-refractivity contribution in [2.75, 3.05) is 0 Å². The highest BCUT2D eigenvalue weighted by Crippen LogP contribution is 2.40. The molecule has 0 aliphatic carbocycles. The molecule has 0 heterocycles. The van der Waals surface area contributed by atoms with Gasteiger partial charge in [-0.3, -0.25) is 4.79 Å². The molecule has 0 aromatic heterocycles. The van der Waals surface area contributed by atoms with Gasteiger partial charge in [0, 0.05) is 5.92 Å². The minimum Gasteiger partial charge on any atom is -0.481 e. The zero-order chi connectivity index (χ0) is 18.4. The van der Waals surface area contributed by atoms with E-state index in [4.69, 9.17) is 0 Å². The van der Waals surface area contributed by atoms with E-state index in [1.165, 1.54) is 16.7 Å². The molecule has 132 valence electrons. The van der Waals surface area contributed by atoms with Gasteiger partial charge >= 0.3 is 5.97 Å². The fraction of sp³-hybridized carbons (Fsp3) is 0.348. The molecule has 0 aliphatic rings. The Bertz CT molecular complexity index is 712. The lowest BCUT2D eigenvalue weighted by atomic mass is 9.70. The molecule has 0 fully saturated rings. The number of benzene rings is 2. The molecule has 2 unspecified atom stereocenters. The van der Waals surface area contributed by atoms with Gasteiger partial charge in [-0.05, 0) is 35.4 Å².